The van der Waals surface area contributed by atoms with Crippen LogP contribution in [0.1, 0.15) is 5.01 Å². The Labute approximate surface area is 201 Å². The molecule has 0 aliphatic carbocycles. The molecule has 34 heavy (non-hydrogen) atoms. The number of hydrogen-bond donors (Lipinski definition) is 1. The van der Waals surface area contributed by atoms with E-state index in [0.717, 1.165) is 32.3 Å². The quantitative estimate of drug-likeness (QED) is 0.415. The summed E-state index contributed by atoms with van der Waals surface area (Å²) in [5.74, 6) is 1.46. The molecule has 0 atom stereocenters. The Morgan fingerprint density at radius 2 is 1.94 bits per heavy atom. The Morgan fingerprint density at radius 3 is 2.62 bits per heavy atom. The smallest absolute Gasteiger partial charge is 0.211 e. The van der Waals surface area contributed by atoms with Crippen molar-refractivity contribution in [1.29, 1.82) is 0 Å². The molecule has 4 heterocycles. The molecule has 4 aromatic rings. The fourth-order valence-electron chi connectivity index (χ4n) is 3.79. The molecule has 0 saturated carbocycles. The van der Waals surface area contributed by atoms with E-state index in [1.54, 1.807) is 10.9 Å². The molecule has 1 saturated heterocycles. The molecule has 1 N–H and O–H groups in total. The van der Waals surface area contributed by atoms with Gasteiger partial charge in [-0.2, -0.15) is 5.10 Å². The molecule has 10 nitrogen and oxygen atoms in total. The van der Waals surface area contributed by atoms with Crippen LogP contribution in [0.5, 0.6) is 0 Å². The summed E-state index contributed by atoms with van der Waals surface area (Å²) in [5.41, 5.74) is 3.71. The molecule has 0 amide bonds. The number of rotatable bonds is 7. The van der Waals surface area contributed by atoms with Crippen LogP contribution >= 0.6 is 11.3 Å². The van der Waals surface area contributed by atoms with Gasteiger partial charge < -0.3 is 5.32 Å². The van der Waals surface area contributed by atoms with Gasteiger partial charge in [-0.3, -0.25) is 4.68 Å². The van der Waals surface area contributed by atoms with Crippen LogP contribution in [0.15, 0.2) is 42.9 Å². The van der Waals surface area contributed by atoms with Crippen molar-refractivity contribution >= 4 is 27.2 Å². The second-order valence-electron chi connectivity index (χ2n) is 8.39. The van der Waals surface area contributed by atoms with Crippen molar-refractivity contribution in [3.63, 3.8) is 0 Å². The summed E-state index contributed by atoms with van der Waals surface area (Å²) in [6.45, 7) is 3.51. The van der Waals surface area contributed by atoms with Gasteiger partial charge >= 0.3 is 0 Å². The van der Waals surface area contributed by atoms with E-state index in [0.29, 0.717) is 31.3 Å². The number of hydrogen-bond acceptors (Lipinski definition) is 9. The zero-order valence-corrected chi connectivity index (χ0v) is 20.6. The fourth-order valence-corrected chi connectivity index (χ4v) is 5.45. The molecule has 0 radical (unpaired) electrons. The lowest BCUT2D eigenvalue weighted by molar-refractivity contribution is 0.213. The van der Waals surface area contributed by atoms with E-state index in [4.69, 9.17) is 4.98 Å². The largest absolute Gasteiger partial charge is 0.369 e. The monoisotopic (exact) mass is 496 g/mol. The van der Waals surface area contributed by atoms with Gasteiger partial charge in [-0.25, -0.2) is 22.7 Å². The number of nitrogens with one attached hydrogen (secondary N) is 1. The minimum atomic E-state index is -3.14. The first kappa shape index (κ1) is 22.6. The highest BCUT2D eigenvalue weighted by Crippen LogP contribution is 2.32. The second-order valence-corrected chi connectivity index (χ2v) is 11.6. The lowest BCUT2D eigenvalue weighted by Crippen LogP contribution is -2.51. The van der Waals surface area contributed by atoms with Gasteiger partial charge in [0.05, 0.1) is 18.0 Å². The third-order valence-corrected chi connectivity index (χ3v) is 7.76. The van der Waals surface area contributed by atoms with E-state index >= 15 is 0 Å². The molecule has 12 heteroatoms. The number of benzene rings is 1. The Kier molecular flexibility index (Phi) is 5.88. The van der Waals surface area contributed by atoms with Crippen molar-refractivity contribution in [3.05, 3.63) is 47.9 Å². The molecule has 0 bridgehead atoms. The number of nitrogens with zero attached hydrogens (tertiary/aromatic N) is 7. The van der Waals surface area contributed by atoms with E-state index in [1.165, 1.54) is 21.9 Å². The maximum Gasteiger partial charge on any atom is 0.211 e. The molecule has 0 spiro atoms. The molecule has 3 aromatic heterocycles. The predicted molar refractivity (Wildman–Crippen MR) is 132 cm³/mol. The summed E-state index contributed by atoms with van der Waals surface area (Å²) >= 11 is 1.48. The zero-order valence-electron chi connectivity index (χ0n) is 19.0. The lowest BCUT2D eigenvalue weighted by atomic mass is 10.0. The summed E-state index contributed by atoms with van der Waals surface area (Å²) in [6.07, 6.45) is 6.80. The normalized spacial score (nSPS) is 14.8. The van der Waals surface area contributed by atoms with Gasteiger partial charge in [0.25, 0.3) is 0 Å². The van der Waals surface area contributed by atoms with Gasteiger partial charge in [0, 0.05) is 56.1 Å². The van der Waals surface area contributed by atoms with Crippen LogP contribution in [0.4, 0.5) is 5.82 Å². The molecule has 1 aliphatic heterocycles. The van der Waals surface area contributed by atoms with E-state index in [1.807, 2.05) is 50.6 Å². The van der Waals surface area contributed by atoms with Crippen LogP contribution in [0.25, 0.3) is 33.1 Å². The topological polar surface area (TPSA) is 119 Å². The molecule has 1 fully saturated rings. The Bertz CT molecular complexity index is 1440. The van der Waals surface area contributed by atoms with Gasteiger partial charge in [0.1, 0.15) is 10.8 Å². The Hall–Kier alpha value is -3.22. The summed E-state index contributed by atoms with van der Waals surface area (Å²) in [6, 6.07) is 8.02. The lowest BCUT2D eigenvalue weighted by Gasteiger charge is -2.37. The molecule has 1 aliphatic rings. The molecule has 0 unspecified atom stereocenters. The van der Waals surface area contributed by atoms with Crippen molar-refractivity contribution in [2.75, 3.05) is 31.2 Å². The van der Waals surface area contributed by atoms with Crippen LogP contribution in [-0.4, -0.2) is 68.6 Å². The van der Waals surface area contributed by atoms with Crippen LogP contribution in [0.3, 0.4) is 0 Å². The van der Waals surface area contributed by atoms with Crippen LogP contribution in [0.2, 0.25) is 0 Å². The number of anilines is 1. The number of aryl methyl sites for hydroxylation is 2. The Morgan fingerprint density at radius 1 is 1.15 bits per heavy atom. The van der Waals surface area contributed by atoms with Crippen molar-refractivity contribution < 1.29 is 8.42 Å². The van der Waals surface area contributed by atoms with E-state index in [2.05, 4.69) is 25.6 Å². The van der Waals surface area contributed by atoms with Crippen molar-refractivity contribution in [3.8, 4) is 33.1 Å². The zero-order chi connectivity index (χ0) is 23.9. The van der Waals surface area contributed by atoms with Gasteiger partial charge in [-0.15, -0.1) is 10.2 Å². The van der Waals surface area contributed by atoms with Gasteiger partial charge in [0.2, 0.25) is 10.0 Å². The summed E-state index contributed by atoms with van der Waals surface area (Å²) in [5, 5.41) is 17.6. The standard InChI is InChI=1S/C22H24N8O2S2/c1-14-27-28-22(33-14)19-10-24-20(17-6-4-5-16(7-17)18-9-25-29(2)13-18)26-21(19)23-8-15-11-30(12-15)34(3,31)32/h4-7,9-10,13,15H,8,11-12H2,1-3H3,(H,23,24,26). The SMILES string of the molecule is Cc1nnc(-c2cnc(-c3cccc(-c4cnn(C)c4)c3)nc2NCC2CN(S(C)(=O)=O)C2)s1. The van der Waals surface area contributed by atoms with Crippen LogP contribution < -0.4 is 5.32 Å². The van der Waals surface area contributed by atoms with Crippen LogP contribution in [-0.2, 0) is 17.1 Å². The first-order valence-electron chi connectivity index (χ1n) is 10.7. The number of aromatic nitrogens is 6. The predicted octanol–water partition coefficient (Wildman–Crippen LogP) is 2.67. The Balaban J connectivity index is 1.43. The van der Waals surface area contributed by atoms with Gasteiger partial charge in [0.15, 0.2) is 10.8 Å². The van der Waals surface area contributed by atoms with E-state index < -0.39 is 10.0 Å². The highest BCUT2D eigenvalue weighted by atomic mass is 32.2. The van der Waals surface area contributed by atoms with Crippen molar-refractivity contribution in [2.45, 2.75) is 6.92 Å². The van der Waals surface area contributed by atoms with Gasteiger partial charge in [-0.1, -0.05) is 29.5 Å². The van der Waals surface area contributed by atoms with Crippen molar-refractivity contribution in [2.24, 2.45) is 13.0 Å². The molecule has 176 valence electrons. The van der Waals surface area contributed by atoms with E-state index in [9.17, 15) is 8.42 Å². The highest BCUT2D eigenvalue weighted by Gasteiger charge is 2.33. The number of sulfonamides is 1. The van der Waals surface area contributed by atoms with Crippen LogP contribution in [0, 0.1) is 12.8 Å². The third kappa shape index (κ3) is 4.69. The average molecular weight is 497 g/mol. The minimum absolute atomic E-state index is 0.214. The second kappa shape index (κ2) is 8.85. The summed E-state index contributed by atoms with van der Waals surface area (Å²) in [7, 11) is -1.25. The average Bonchev–Trinajstić information content (AvgIpc) is 3.40. The molecular formula is C22H24N8O2S2. The minimum Gasteiger partial charge on any atom is -0.369 e. The van der Waals surface area contributed by atoms with Crippen molar-refractivity contribution in [1.82, 2.24) is 34.3 Å². The maximum atomic E-state index is 11.7. The highest BCUT2D eigenvalue weighted by molar-refractivity contribution is 7.88. The first-order valence-corrected chi connectivity index (χ1v) is 13.4. The van der Waals surface area contributed by atoms with E-state index in [-0.39, 0.29) is 5.92 Å². The third-order valence-electron chi connectivity index (χ3n) is 5.66. The molecular weight excluding hydrogens is 472 g/mol. The molecule has 5 rings (SSSR count). The van der Waals surface area contributed by atoms with Gasteiger partial charge in [-0.05, 0) is 18.6 Å². The maximum absolute atomic E-state index is 11.7. The summed E-state index contributed by atoms with van der Waals surface area (Å²) < 4.78 is 26.6. The fraction of sp³-hybridized carbons (Fsp3) is 0.318. The molecule has 1 aromatic carbocycles. The summed E-state index contributed by atoms with van der Waals surface area (Å²) in [4.78, 5) is 9.45. The first-order chi connectivity index (χ1) is 16.3.